The Morgan fingerprint density at radius 2 is 0.587 bits per heavy atom. The number of esters is 3. The second kappa shape index (κ2) is 51.7. The van der Waals surface area contributed by atoms with Crippen molar-refractivity contribution in [3.63, 3.8) is 0 Å². The minimum Gasteiger partial charge on any atom is -0.462 e. The van der Waals surface area contributed by atoms with E-state index in [1.165, 1.54) is 148 Å². The molecule has 0 saturated carbocycles. The van der Waals surface area contributed by atoms with Crippen molar-refractivity contribution in [2.24, 2.45) is 0 Å². The number of unbranched alkanes of at least 4 members (excludes halogenated alkanes) is 27. The number of rotatable bonds is 48. The van der Waals surface area contributed by atoms with Crippen molar-refractivity contribution in [2.75, 3.05) is 13.2 Å². The highest BCUT2D eigenvalue weighted by Gasteiger charge is 2.19. The minimum absolute atomic E-state index is 0.0936. The number of hydrogen-bond acceptors (Lipinski definition) is 6. The molecule has 0 rings (SSSR count). The molecule has 0 amide bonds. The lowest BCUT2D eigenvalue weighted by atomic mass is 10.0. The van der Waals surface area contributed by atoms with E-state index < -0.39 is 6.10 Å². The molecule has 0 radical (unpaired) electrons. The van der Waals surface area contributed by atoms with Gasteiger partial charge in [-0.25, -0.2) is 0 Å². The summed E-state index contributed by atoms with van der Waals surface area (Å²) in [5.41, 5.74) is 0. The minimum atomic E-state index is -0.796. The fraction of sp³-hybridized carbons (Fsp3) is 0.772. The van der Waals surface area contributed by atoms with E-state index in [0.29, 0.717) is 19.3 Å². The van der Waals surface area contributed by atoms with Crippen LogP contribution in [0.15, 0.2) is 60.8 Å². The highest BCUT2D eigenvalue weighted by atomic mass is 16.6. The van der Waals surface area contributed by atoms with Crippen LogP contribution in [0.3, 0.4) is 0 Å². The van der Waals surface area contributed by atoms with Crippen LogP contribution in [0.25, 0.3) is 0 Å². The van der Waals surface area contributed by atoms with Gasteiger partial charge >= 0.3 is 17.9 Å². The molecule has 0 N–H and O–H groups in total. The SMILES string of the molecule is CCCCC/C=C\C/C=C\C/C=C\C/C=C\CCCC(=O)OC[C@@H](COC(=O)CCCCCCC/C=C\CCCCC)OC(=O)CCCCCCCCCCCCCCCCCC. The molecule has 63 heavy (non-hydrogen) atoms. The average molecular weight is 881 g/mol. The Kier molecular flexibility index (Phi) is 49.4. The Morgan fingerprint density at radius 1 is 0.317 bits per heavy atom. The summed E-state index contributed by atoms with van der Waals surface area (Å²) in [6.07, 6.45) is 63.5. The molecule has 0 aromatic rings. The molecule has 1 atom stereocenters. The van der Waals surface area contributed by atoms with Crippen molar-refractivity contribution in [3.05, 3.63) is 60.8 Å². The van der Waals surface area contributed by atoms with Gasteiger partial charge in [-0.05, 0) is 83.5 Å². The second-order valence-electron chi connectivity index (χ2n) is 17.8. The maximum Gasteiger partial charge on any atom is 0.306 e. The number of carbonyl (C=O) groups excluding carboxylic acids is 3. The van der Waals surface area contributed by atoms with E-state index in [-0.39, 0.29) is 37.5 Å². The average Bonchev–Trinajstić information content (AvgIpc) is 3.28. The maximum absolute atomic E-state index is 12.8. The van der Waals surface area contributed by atoms with Gasteiger partial charge in [0.25, 0.3) is 0 Å². The van der Waals surface area contributed by atoms with Crippen molar-refractivity contribution >= 4 is 17.9 Å². The van der Waals surface area contributed by atoms with Crippen molar-refractivity contribution in [1.82, 2.24) is 0 Å². The first kappa shape index (κ1) is 60.1. The van der Waals surface area contributed by atoms with Gasteiger partial charge in [0, 0.05) is 19.3 Å². The van der Waals surface area contributed by atoms with Crippen LogP contribution in [-0.4, -0.2) is 37.2 Å². The molecule has 364 valence electrons. The zero-order valence-corrected chi connectivity index (χ0v) is 41.6. The van der Waals surface area contributed by atoms with E-state index in [9.17, 15) is 14.4 Å². The van der Waals surface area contributed by atoms with Gasteiger partial charge in [-0.2, -0.15) is 0 Å². The van der Waals surface area contributed by atoms with Gasteiger partial charge < -0.3 is 14.2 Å². The van der Waals surface area contributed by atoms with Crippen molar-refractivity contribution in [3.8, 4) is 0 Å². The summed E-state index contributed by atoms with van der Waals surface area (Å²) in [6, 6.07) is 0. The number of carbonyl (C=O) groups is 3. The highest BCUT2D eigenvalue weighted by molar-refractivity contribution is 5.71. The molecule has 6 heteroatoms. The molecule has 0 aromatic carbocycles. The van der Waals surface area contributed by atoms with Crippen molar-refractivity contribution in [2.45, 2.75) is 271 Å². The predicted molar refractivity (Wildman–Crippen MR) is 270 cm³/mol. The third kappa shape index (κ3) is 50.0. The summed E-state index contributed by atoms with van der Waals surface area (Å²) in [4.78, 5) is 38.0. The van der Waals surface area contributed by atoms with Crippen LogP contribution in [-0.2, 0) is 28.6 Å². The Hall–Kier alpha value is -2.89. The lowest BCUT2D eigenvalue weighted by Crippen LogP contribution is -2.30. The van der Waals surface area contributed by atoms with Gasteiger partial charge in [0.15, 0.2) is 6.10 Å². The summed E-state index contributed by atoms with van der Waals surface area (Å²) in [5, 5.41) is 0. The molecule has 0 aliphatic rings. The summed E-state index contributed by atoms with van der Waals surface area (Å²) < 4.78 is 16.8. The molecule has 0 bridgehead atoms. The zero-order chi connectivity index (χ0) is 45.8. The molecule has 0 aliphatic carbocycles. The maximum atomic E-state index is 12.8. The number of ether oxygens (including phenoxy) is 3. The third-order valence-electron chi connectivity index (χ3n) is 11.5. The number of hydrogen-bond donors (Lipinski definition) is 0. The standard InChI is InChI=1S/C57H100O6/c1-4-7-10-13-16-19-22-25-27-29-31-32-35-38-41-44-47-50-56(59)62-53-54(52-61-55(58)49-46-43-40-37-34-24-21-18-15-12-9-6-3)63-57(60)51-48-45-42-39-36-33-30-28-26-23-20-17-14-11-8-5-2/h16,18-19,21,25,27,31-32,38,41,54H,4-15,17,20,22-24,26,28-30,33-37,39-40,42-53H2,1-3H3/b19-16-,21-18-,27-25-,32-31-,41-38-/t54-/m1/s1. The highest BCUT2D eigenvalue weighted by Crippen LogP contribution is 2.15. The molecule has 0 saturated heterocycles. The van der Waals surface area contributed by atoms with Gasteiger partial charge in [0.1, 0.15) is 13.2 Å². The quantitative estimate of drug-likeness (QED) is 0.0262. The third-order valence-corrected chi connectivity index (χ3v) is 11.5. The van der Waals surface area contributed by atoms with Gasteiger partial charge in [-0.15, -0.1) is 0 Å². The largest absolute Gasteiger partial charge is 0.462 e. The summed E-state index contributed by atoms with van der Waals surface area (Å²) >= 11 is 0. The monoisotopic (exact) mass is 881 g/mol. The first-order valence-electron chi connectivity index (χ1n) is 26.8. The molecule has 0 aliphatic heterocycles. The Balaban J connectivity index is 4.44. The van der Waals surface area contributed by atoms with E-state index in [0.717, 1.165) is 70.6 Å². The summed E-state index contributed by atoms with van der Waals surface area (Å²) in [7, 11) is 0. The van der Waals surface area contributed by atoms with Gasteiger partial charge in [0.2, 0.25) is 0 Å². The Bertz CT molecular complexity index is 1150. The van der Waals surface area contributed by atoms with Crippen LogP contribution in [0, 0.1) is 0 Å². The predicted octanol–water partition coefficient (Wildman–Crippen LogP) is 17.6. The van der Waals surface area contributed by atoms with E-state index in [1.54, 1.807) is 0 Å². The zero-order valence-electron chi connectivity index (χ0n) is 41.6. The molecule has 0 unspecified atom stereocenters. The van der Waals surface area contributed by atoms with Crippen LogP contribution in [0.5, 0.6) is 0 Å². The van der Waals surface area contributed by atoms with Crippen LogP contribution >= 0.6 is 0 Å². The van der Waals surface area contributed by atoms with Crippen LogP contribution in [0.1, 0.15) is 265 Å². The van der Waals surface area contributed by atoms with Crippen molar-refractivity contribution in [1.29, 1.82) is 0 Å². The van der Waals surface area contributed by atoms with Crippen LogP contribution in [0.4, 0.5) is 0 Å². The van der Waals surface area contributed by atoms with E-state index >= 15 is 0 Å². The van der Waals surface area contributed by atoms with Gasteiger partial charge in [-0.1, -0.05) is 223 Å². The first-order valence-corrected chi connectivity index (χ1v) is 26.8. The Labute approximate surface area is 390 Å². The molecule has 0 fully saturated rings. The normalized spacial score (nSPS) is 12.5. The van der Waals surface area contributed by atoms with E-state index in [4.69, 9.17) is 14.2 Å². The molecular formula is C57H100O6. The van der Waals surface area contributed by atoms with E-state index in [1.807, 2.05) is 0 Å². The smallest absolute Gasteiger partial charge is 0.306 e. The summed E-state index contributed by atoms with van der Waals surface area (Å²) in [5.74, 6) is -0.953. The molecule has 0 aromatic heterocycles. The fourth-order valence-corrected chi connectivity index (χ4v) is 7.43. The fourth-order valence-electron chi connectivity index (χ4n) is 7.43. The van der Waals surface area contributed by atoms with Gasteiger partial charge in [0.05, 0.1) is 0 Å². The lowest BCUT2D eigenvalue weighted by Gasteiger charge is -2.18. The molecular weight excluding hydrogens is 781 g/mol. The topological polar surface area (TPSA) is 78.9 Å². The summed E-state index contributed by atoms with van der Waals surface area (Å²) in [6.45, 7) is 6.55. The first-order chi connectivity index (χ1) is 31.0. The molecule has 6 nitrogen and oxygen atoms in total. The van der Waals surface area contributed by atoms with Crippen LogP contribution < -0.4 is 0 Å². The lowest BCUT2D eigenvalue weighted by molar-refractivity contribution is -0.167. The van der Waals surface area contributed by atoms with Crippen molar-refractivity contribution < 1.29 is 28.6 Å². The second-order valence-corrected chi connectivity index (χ2v) is 17.8. The van der Waals surface area contributed by atoms with E-state index in [2.05, 4.69) is 81.5 Å². The number of allylic oxidation sites excluding steroid dienone is 10. The molecule has 0 heterocycles. The molecule has 0 spiro atoms. The Morgan fingerprint density at radius 3 is 1.00 bits per heavy atom. The van der Waals surface area contributed by atoms with Gasteiger partial charge in [-0.3, -0.25) is 14.4 Å². The van der Waals surface area contributed by atoms with Crippen LogP contribution in [0.2, 0.25) is 0 Å².